The van der Waals surface area contributed by atoms with Crippen LogP contribution in [0.4, 0.5) is 5.69 Å². The van der Waals surface area contributed by atoms with Crippen LogP contribution in [0, 0.1) is 6.92 Å². The Morgan fingerprint density at radius 1 is 1.15 bits per heavy atom. The largest absolute Gasteiger partial charge is 0.465 e. The second-order valence-corrected chi connectivity index (χ2v) is 7.55. The Hall–Kier alpha value is -2.53. The van der Waals surface area contributed by atoms with Gasteiger partial charge in [0.05, 0.1) is 29.7 Å². The fraction of sp³-hybridized carbons (Fsp3) is 0.190. The molecule has 5 heteroatoms. The zero-order chi connectivity index (χ0) is 18.5. The molecule has 26 heavy (non-hydrogen) atoms. The minimum Gasteiger partial charge on any atom is -0.465 e. The maximum atomic E-state index is 12.3. The summed E-state index contributed by atoms with van der Waals surface area (Å²) >= 11 is 3.50. The number of halogens is 1. The molecule has 3 aromatic rings. The predicted molar refractivity (Wildman–Crippen MR) is 106 cm³/mol. The molecule has 1 aliphatic heterocycles. The number of hydrogen-bond donors (Lipinski definition) is 1. The van der Waals surface area contributed by atoms with E-state index in [-0.39, 0.29) is 5.97 Å². The van der Waals surface area contributed by atoms with Crippen LogP contribution in [0.5, 0.6) is 0 Å². The number of esters is 1. The highest BCUT2D eigenvalue weighted by atomic mass is 79.9. The molecule has 0 amide bonds. The first-order valence-corrected chi connectivity index (χ1v) is 9.20. The molecule has 0 aliphatic carbocycles. The fourth-order valence-electron chi connectivity index (χ4n) is 3.71. The molecule has 4 nitrogen and oxygen atoms in total. The van der Waals surface area contributed by atoms with Crippen LogP contribution in [0.3, 0.4) is 0 Å². The van der Waals surface area contributed by atoms with Gasteiger partial charge in [-0.2, -0.15) is 0 Å². The summed E-state index contributed by atoms with van der Waals surface area (Å²) in [5, 5.41) is 3.67. The number of benzene rings is 2. The van der Waals surface area contributed by atoms with E-state index in [1.54, 1.807) is 0 Å². The summed E-state index contributed by atoms with van der Waals surface area (Å²) in [5.41, 5.74) is 5.17. The summed E-state index contributed by atoms with van der Waals surface area (Å²) in [7, 11) is 1.42. The van der Waals surface area contributed by atoms with E-state index < -0.39 is 5.54 Å². The van der Waals surface area contributed by atoms with Crippen molar-refractivity contribution >= 4 is 27.6 Å². The number of ether oxygens (including phenoxy) is 1. The first kappa shape index (κ1) is 16.9. The van der Waals surface area contributed by atoms with E-state index in [1.807, 2.05) is 37.3 Å². The quantitative estimate of drug-likeness (QED) is 0.602. The Morgan fingerprint density at radius 3 is 2.54 bits per heavy atom. The number of nitrogens with zero attached hydrogens (tertiary/aromatic N) is 1. The number of aromatic nitrogens is 1. The molecule has 0 saturated heterocycles. The third-order valence-corrected chi connectivity index (χ3v) is 5.64. The molecule has 1 N–H and O–H groups in total. The van der Waals surface area contributed by atoms with E-state index in [2.05, 4.69) is 57.0 Å². The molecule has 0 radical (unpaired) electrons. The number of hydrogen-bond acceptors (Lipinski definition) is 3. The highest BCUT2D eigenvalue weighted by molar-refractivity contribution is 9.10. The molecular weight excluding hydrogens is 392 g/mol. The standard InChI is InChI=1S/C21H19BrN2O2/c1-13-16(20(25)26-3)12-19-21(2,14-8-10-15(22)11-9-14)23-17-6-4-5-7-18(17)24(13)19/h4-12,23H,1-3H3. The number of carbonyl (C=O) groups excluding carboxylic acids is 1. The molecule has 1 atom stereocenters. The third kappa shape index (κ3) is 2.38. The van der Waals surface area contributed by atoms with Crippen LogP contribution < -0.4 is 5.32 Å². The summed E-state index contributed by atoms with van der Waals surface area (Å²) < 4.78 is 8.18. The van der Waals surface area contributed by atoms with E-state index in [1.165, 1.54) is 7.11 Å². The summed E-state index contributed by atoms with van der Waals surface area (Å²) in [6.45, 7) is 4.10. The SMILES string of the molecule is COC(=O)c1cc2n(c1C)-c1ccccc1NC2(C)c1ccc(Br)cc1. The molecule has 1 unspecified atom stereocenters. The van der Waals surface area contributed by atoms with Gasteiger partial charge in [0.15, 0.2) is 0 Å². The van der Waals surface area contributed by atoms with Crippen molar-refractivity contribution in [2.24, 2.45) is 0 Å². The predicted octanol–water partition coefficient (Wildman–Crippen LogP) is 5.02. The molecular formula is C21H19BrN2O2. The van der Waals surface area contributed by atoms with Crippen LogP contribution in [0.2, 0.25) is 0 Å². The Labute approximate surface area is 160 Å². The van der Waals surface area contributed by atoms with Crippen LogP contribution in [-0.2, 0) is 10.3 Å². The van der Waals surface area contributed by atoms with Crippen LogP contribution in [0.1, 0.15) is 34.2 Å². The van der Waals surface area contributed by atoms with Gasteiger partial charge >= 0.3 is 5.97 Å². The molecule has 132 valence electrons. The molecule has 0 bridgehead atoms. The van der Waals surface area contributed by atoms with Crippen molar-refractivity contribution in [1.82, 2.24) is 4.57 Å². The average Bonchev–Trinajstić information content (AvgIpc) is 3.00. The van der Waals surface area contributed by atoms with E-state index in [9.17, 15) is 4.79 Å². The number of carbonyl (C=O) groups is 1. The second kappa shape index (κ2) is 6.02. The van der Waals surface area contributed by atoms with Crippen molar-refractivity contribution < 1.29 is 9.53 Å². The maximum Gasteiger partial charge on any atom is 0.339 e. The molecule has 1 aromatic heterocycles. The number of rotatable bonds is 2. The lowest BCUT2D eigenvalue weighted by Gasteiger charge is -2.39. The lowest BCUT2D eigenvalue weighted by Crippen LogP contribution is -2.39. The molecule has 1 aliphatic rings. The van der Waals surface area contributed by atoms with Crippen molar-refractivity contribution in [2.75, 3.05) is 12.4 Å². The molecule has 0 fully saturated rings. The highest BCUT2D eigenvalue weighted by Gasteiger charge is 2.39. The number of fused-ring (bicyclic) bond motifs is 3. The van der Waals surface area contributed by atoms with Gasteiger partial charge in [-0.05, 0) is 49.7 Å². The van der Waals surface area contributed by atoms with E-state index in [0.717, 1.165) is 32.8 Å². The number of methoxy groups -OCH3 is 1. The normalized spacial score (nSPS) is 17.8. The molecule has 4 rings (SSSR count). The van der Waals surface area contributed by atoms with E-state index in [4.69, 9.17) is 4.74 Å². The highest BCUT2D eigenvalue weighted by Crippen LogP contribution is 2.43. The minimum absolute atomic E-state index is 0.319. The number of anilines is 1. The maximum absolute atomic E-state index is 12.3. The van der Waals surface area contributed by atoms with Gasteiger partial charge in [-0.1, -0.05) is 40.2 Å². The van der Waals surface area contributed by atoms with Crippen LogP contribution in [0.15, 0.2) is 59.1 Å². The van der Waals surface area contributed by atoms with Crippen molar-refractivity contribution in [2.45, 2.75) is 19.4 Å². The first-order chi connectivity index (χ1) is 12.5. The molecule has 0 spiro atoms. The Kier molecular flexibility index (Phi) is 3.92. The van der Waals surface area contributed by atoms with Gasteiger partial charge in [-0.25, -0.2) is 4.79 Å². The van der Waals surface area contributed by atoms with E-state index in [0.29, 0.717) is 5.56 Å². The summed E-state index contributed by atoms with van der Waals surface area (Å²) in [5.74, 6) is -0.319. The van der Waals surface area contributed by atoms with Gasteiger partial charge in [0.2, 0.25) is 0 Å². The van der Waals surface area contributed by atoms with Gasteiger partial charge < -0.3 is 14.6 Å². The zero-order valence-corrected chi connectivity index (χ0v) is 16.4. The van der Waals surface area contributed by atoms with E-state index >= 15 is 0 Å². The monoisotopic (exact) mass is 410 g/mol. The minimum atomic E-state index is -0.480. The lowest BCUT2D eigenvalue weighted by molar-refractivity contribution is 0.0600. The Balaban J connectivity index is 2.01. The summed E-state index contributed by atoms with van der Waals surface area (Å²) in [4.78, 5) is 12.3. The van der Waals surface area contributed by atoms with Crippen molar-refractivity contribution in [3.63, 3.8) is 0 Å². The smallest absolute Gasteiger partial charge is 0.339 e. The Bertz CT molecular complexity index is 1010. The molecule has 2 aromatic carbocycles. The van der Waals surface area contributed by atoms with Crippen LogP contribution in [0.25, 0.3) is 5.69 Å². The van der Waals surface area contributed by atoms with Crippen molar-refractivity contribution in [3.8, 4) is 5.69 Å². The topological polar surface area (TPSA) is 43.3 Å². The fourth-order valence-corrected chi connectivity index (χ4v) is 3.98. The lowest BCUT2D eigenvalue weighted by atomic mass is 9.86. The number of nitrogens with one attached hydrogen (secondary N) is 1. The zero-order valence-electron chi connectivity index (χ0n) is 14.8. The van der Waals surface area contributed by atoms with Gasteiger partial charge in [-0.3, -0.25) is 0 Å². The van der Waals surface area contributed by atoms with Gasteiger partial charge in [0.1, 0.15) is 5.54 Å². The number of para-hydroxylation sites is 2. The van der Waals surface area contributed by atoms with Gasteiger partial charge in [0.25, 0.3) is 0 Å². The summed E-state index contributed by atoms with van der Waals surface area (Å²) in [6.07, 6.45) is 0. The van der Waals surface area contributed by atoms with Crippen LogP contribution >= 0.6 is 15.9 Å². The average molecular weight is 411 g/mol. The van der Waals surface area contributed by atoms with Gasteiger partial charge in [0, 0.05) is 10.2 Å². The van der Waals surface area contributed by atoms with Crippen molar-refractivity contribution in [1.29, 1.82) is 0 Å². The second-order valence-electron chi connectivity index (χ2n) is 6.63. The first-order valence-electron chi connectivity index (χ1n) is 8.40. The molecule has 0 saturated carbocycles. The Morgan fingerprint density at radius 2 is 1.85 bits per heavy atom. The van der Waals surface area contributed by atoms with Crippen LogP contribution in [-0.4, -0.2) is 17.6 Å². The third-order valence-electron chi connectivity index (χ3n) is 5.12. The van der Waals surface area contributed by atoms with Crippen molar-refractivity contribution in [3.05, 3.63) is 81.6 Å². The van der Waals surface area contributed by atoms with Gasteiger partial charge in [-0.15, -0.1) is 0 Å². The molecule has 2 heterocycles. The summed E-state index contributed by atoms with van der Waals surface area (Å²) in [6, 6.07) is 18.3.